The van der Waals surface area contributed by atoms with E-state index in [1.54, 1.807) is 0 Å². The SMILES string of the molecule is c1cc2c(c(CC3CCCCN3)c1)COC2. The summed E-state index contributed by atoms with van der Waals surface area (Å²) in [5, 5.41) is 3.62. The Labute approximate surface area is 97.0 Å². The molecule has 2 heteroatoms. The van der Waals surface area contributed by atoms with Crippen LogP contribution >= 0.6 is 0 Å². The van der Waals surface area contributed by atoms with Crippen molar-refractivity contribution in [3.8, 4) is 0 Å². The van der Waals surface area contributed by atoms with Crippen molar-refractivity contribution in [2.45, 2.75) is 44.9 Å². The van der Waals surface area contributed by atoms with Gasteiger partial charge in [0, 0.05) is 6.04 Å². The fourth-order valence-electron chi connectivity index (χ4n) is 2.83. The van der Waals surface area contributed by atoms with Crippen LogP contribution in [0.5, 0.6) is 0 Å². The predicted molar refractivity (Wildman–Crippen MR) is 64.3 cm³/mol. The Morgan fingerprint density at radius 1 is 1.25 bits per heavy atom. The molecule has 1 atom stereocenters. The van der Waals surface area contributed by atoms with Gasteiger partial charge >= 0.3 is 0 Å². The van der Waals surface area contributed by atoms with E-state index in [-0.39, 0.29) is 0 Å². The monoisotopic (exact) mass is 217 g/mol. The van der Waals surface area contributed by atoms with Gasteiger partial charge in [0.2, 0.25) is 0 Å². The van der Waals surface area contributed by atoms with Crippen molar-refractivity contribution >= 4 is 0 Å². The van der Waals surface area contributed by atoms with Crippen LogP contribution in [0.1, 0.15) is 36.0 Å². The van der Waals surface area contributed by atoms with Gasteiger partial charge in [-0.2, -0.15) is 0 Å². The van der Waals surface area contributed by atoms with Gasteiger partial charge in [-0.1, -0.05) is 24.6 Å². The van der Waals surface area contributed by atoms with E-state index in [9.17, 15) is 0 Å². The Hall–Kier alpha value is -0.860. The number of hydrogen-bond acceptors (Lipinski definition) is 2. The largest absolute Gasteiger partial charge is 0.372 e. The molecule has 3 rings (SSSR count). The lowest BCUT2D eigenvalue weighted by Crippen LogP contribution is -2.35. The Kier molecular flexibility index (Phi) is 2.94. The minimum atomic E-state index is 0.681. The Bertz CT molecular complexity index is 369. The molecule has 0 bridgehead atoms. The van der Waals surface area contributed by atoms with Crippen molar-refractivity contribution in [2.24, 2.45) is 0 Å². The summed E-state index contributed by atoms with van der Waals surface area (Å²) in [6.45, 7) is 2.82. The lowest BCUT2D eigenvalue weighted by atomic mass is 9.93. The lowest BCUT2D eigenvalue weighted by molar-refractivity contribution is 0.134. The molecule has 2 nitrogen and oxygen atoms in total. The van der Waals surface area contributed by atoms with E-state index in [1.807, 2.05) is 0 Å². The smallest absolute Gasteiger partial charge is 0.0727 e. The summed E-state index contributed by atoms with van der Waals surface area (Å²) < 4.78 is 5.52. The molecule has 0 aromatic heterocycles. The van der Waals surface area contributed by atoms with E-state index < -0.39 is 0 Å². The van der Waals surface area contributed by atoms with Gasteiger partial charge in [-0.05, 0) is 42.5 Å². The molecule has 86 valence electrons. The Balaban J connectivity index is 1.76. The molecule has 2 aliphatic heterocycles. The zero-order valence-electron chi connectivity index (χ0n) is 9.67. The summed E-state index contributed by atoms with van der Waals surface area (Å²) in [5.74, 6) is 0. The predicted octanol–water partition coefficient (Wildman–Crippen LogP) is 2.40. The molecule has 0 radical (unpaired) electrons. The second-order valence-corrected chi connectivity index (χ2v) is 4.90. The molecule has 0 spiro atoms. The van der Waals surface area contributed by atoms with Gasteiger partial charge in [0.25, 0.3) is 0 Å². The summed E-state index contributed by atoms with van der Waals surface area (Å²) in [6, 6.07) is 7.32. The number of piperidine rings is 1. The number of rotatable bonds is 2. The summed E-state index contributed by atoms with van der Waals surface area (Å²) >= 11 is 0. The highest BCUT2D eigenvalue weighted by Gasteiger charge is 2.18. The molecule has 1 fully saturated rings. The first kappa shape index (κ1) is 10.3. The number of benzene rings is 1. The van der Waals surface area contributed by atoms with Crippen LogP contribution in [0.3, 0.4) is 0 Å². The molecule has 1 N–H and O–H groups in total. The van der Waals surface area contributed by atoms with Crippen molar-refractivity contribution in [2.75, 3.05) is 6.54 Å². The average molecular weight is 217 g/mol. The molecule has 0 saturated carbocycles. The first-order chi connectivity index (χ1) is 7.93. The maximum Gasteiger partial charge on any atom is 0.0727 e. The third-order valence-electron chi connectivity index (χ3n) is 3.75. The first-order valence-corrected chi connectivity index (χ1v) is 6.34. The maximum absolute atomic E-state index is 5.52. The van der Waals surface area contributed by atoms with Crippen LogP contribution in [0.4, 0.5) is 0 Å². The molecule has 2 heterocycles. The number of fused-ring (bicyclic) bond motifs is 1. The van der Waals surface area contributed by atoms with Crippen LogP contribution in [0.25, 0.3) is 0 Å². The number of nitrogens with one attached hydrogen (secondary N) is 1. The Morgan fingerprint density at radius 3 is 3.12 bits per heavy atom. The zero-order valence-corrected chi connectivity index (χ0v) is 9.67. The van der Waals surface area contributed by atoms with Crippen LogP contribution in [0, 0.1) is 0 Å². The standard InChI is InChI=1S/C14H19NO/c1-2-7-15-13(6-1)8-11-4-3-5-12-9-16-10-14(11)12/h3-5,13,15H,1-2,6-10H2. The fourth-order valence-corrected chi connectivity index (χ4v) is 2.83. The third kappa shape index (κ3) is 2.00. The van der Waals surface area contributed by atoms with Crippen LogP contribution < -0.4 is 5.32 Å². The summed E-state index contributed by atoms with van der Waals surface area (Å²) in [4.78, 5) is 0. The topological polar surface area (TPSA) is 21.3 Å². The Morgan fingerprint density at radius 2 is 2.25 bits per heavy atom. The van der Waals surface area contributed by atoms with Gasteiger partial charge in [-0.15, -0.1) is 0 Å². The average Bonchev–Trinajstić information content (AvgIpc) is 2.80. The van der Waals surface area contributed by atoms with Gasteiger partial charge in [-0.25, -0.2) is 0 Å². The normalized spacial score (nSPS) is 24.4. The molecule has 1 unspecified atom stereocenters. The van der Waals surface area contributed by atoms with E-state index in [2.05, 4.69) is 23.5 Å². The molecular weight excluding hydrogens is 198 g/mol. The lowest BCUT2D eigenvalue weighted by Gasteiger charge is -2.24. The molecule has 1 saturated heterocycles. The molecule has 1 aromatic rings. The molecular formula is C14H19NO. The first-order valence-electron chi connectivity index (χ1n) is 6.34. The van der Waals surface area contributed by atoms with E-state index in [0.717, 1.165) is 13.2 Å². The van der Waals surface area contributed by atoms with Crippen LogP contribution in [-0.2, 0) is 24.4 Å². The van der Waals surface area contributed by atoms with E-state index >= 15 is 0 Å². The van der Waals surface area contributed by atoms with Crippen molar-refractivity contribution in [3.63, 3.8) is 0 Å². The summed E-state index contributed by atoms with van der Waals surface area (Å²) in [7, 11) is 0. The maximum atomic E-state index is 5.52. The molecule has 1 aromatic carbocycles. The summed E-state index contributed by atoms with van der Waals surface area (Å²) in [6.07, 6.45) is 5.22. The van der Waals surface area contributed by atoms with Crippen LogP contribution in [0.15, 0.2) is 18.2 Å². The van der Waals surface area contributed by atoms with E-state index in [1.165, 1.54) is 48.9 Å². The van der Waals surface area contributed by atoms with E-state index in [4.69, 9.17) is 4.74 Å². The fraction of sp³-hybridized carbons (Fsp3) is 0.571. The van der Waals surface area contributed by atoms with Crippen molar-refractivity contribution in [1.29, 1.82) is 0 Å². The van der Waals surface area contributed by atoms with Crippen molar-refractivity contribution in [3.05, 3.63) is 34.9 Å². The number of ether oxygens (including phenoxy) is 1. The second-order valence-electron chi connectivity index (χ2n) is 4.90. The van der Waals surface area contributed by atoms with Gasteiger partial charge in [0.05, 0.1) is 13.2 Å². The van der Waals surface area contributed by atoms with Gasteiger partial charge in [-0.3, -0.25) is 0 Å². The molecule has 0 aliphatic carbocycles. The number of hydrogen-bond donors (Lipinski definition) is 1. The van der Waals surface area contributed by atoms with Crippen LogP contribution in [-0.4, -0.2) is 12.6 Å². The van der Waals surface area contributed by atoms with Crippen LogP contribution in [0.2, 0.25) is 0 Å². The quantitative estimate of drug-likeness (QED) is 0.821. The molecule has 0 amide bonds. The molecule has 16 heavy (non-hydrogen) atoms. The van der Waals surface area contributed by atoms with Gasteiger partial charge < -0.3 is 10.1 Å². The van der Waals surface area contributed by atoms with Crippen molar-refractivity contribution in [1.82, 2.24) is 5.32 Å². The minimum Gasteiger partial charge on any atom is -0.372 e. The third-order valence-corrected chi connectivity index (χ3v) is 3.75. The highest BCUT2D eigenvalue weighted by molar-refractivity contribution is 5.36. The zero-order chi connectivity index (χ0) is 10.8. The summed E-state index contributed by atoms with van der Waals surface area (Å²) in [5.41, 5.74) is 4.34. The minimum absolute atomic E-state index is 0.681. The molecule has 2 aliphatic rings. The van der Waals surface area contributed by atoms with E-state index in [0.29, 0.717) is 6.04 Å². The highest BCUT2D eigenvalue weighted by atomic mass is 16.5. The van der Waals surface area contributed by atoms with Crippen molar-refractivity contribution < 1.29 is 4.74 Å². The highest BCUT2D eigenvalue weighted by Crippen LogP contribution is 2.25. The van der Waals surface area contributed by atoms with Gasteiger partial charge in [0.15, 0.2) is 0 Å². The second kappa shape index (κ2) is 4.56. The van der Waals surface area contributed by atoms with Gasteiger partial charge in [0.1, 0.15) is 0 Å².